The van der Waals surface area contributed by atoms with Crippen LogP contribution in [-0.2, 0) is 14.3 Å². The minimum atomic E-state index is -0.559. The Morgan fingerprint density at radius 2 is 2.07 bits per heavy atom. The number of methoxy groups -OCH3 is 1. The molecule has 162 valence electrons. The van der Waals surface area contributed by atoms with Crippen LogP contribution in [0.15, 0.2) is 18.2 Å². The van der Waals surface area contributed by atoms with E-state index in [1.165, 1.54) is 0 Å². The summed E-state index contributed by atoms with van der Waals surface area (Å²) >= 11 is 6.32. The molecule has 1 aliphatic rings. The number of halogens is 1. The summed E-state index contributed by atoms with van der Waals surface area (Å²) in [7, 11) is 1.66. The number of likely N-dealkylation sites (tertiary alicyclic amines) is 1. The zero-order valence-electron chi connectivity index (χ0n) is 17.7. The molecule has 8 heteroatoms. The fraction of sp³-hybridized carbons (Fsp3) is 0.619. The number of piperidine rings is 1. The third-order valence-electron chi connectivity index (χ3n) is 4.54. The highest BCUT2D eigenvalue weighted by Crippen LogP contribution is 2.31. The van der Waals surface area contributed by atoms with E-state index in [4.69, 9.17) is 21.1 Å². The molecule has 1 aromatic carbocycles. The van der Waals surface area contributed by atoms with Gasteiger partial charge in [0.25, 0.3) is 0 Å². The zero-order valence-corrected chi connectivity index (χ0v) is 18.5. The van der Waals surface area contributed by atoms with Crippen molar-refractivity contribution in [1.82, 2.24) is 4.90 Å². The standard InChI is InChI=1S/C21H32ClN3O4/c1-21(2,3)29-20(27)25-12-6-8-15(14-25)19(26)24-17-10-5-9-16(22)18(17)23-11-7-13-28-4/h5,9-10,15,23H,6-8,11-14H2,1-4H3,(H,24,26)/t15-/m1/s1. The molecule has 1 atom stereocenters. The van der Waals surface area contributed by atoms with Crippen LogP contribution in [0.3, 0.4) is 0 Å². The summed E-state index contributed by atoms with van der Waals surface area (Å²) in [5.41, 5.74) is 0.768. The van der Waals surface area contributed by atoms with Gasteiger partial charge in [0.05, 0.1) is 22.3 Å². The van der Waals surface area contributed by atoms with Gasteiger partial charge in [-0.05, 0) is 52.2 Å². The van der Waals surface area contributed by atoms with E-state index in [1.807, 2.05) is 26.8 Å². The van der Waals surface area contributed by atoms with Crippen LogP contribution in [0.2, 0.25) is 5.02 Å². The molecule has 1 aromatic rings. The summed E-state index contributed by atoms with van der Waals surface area (Å²) in [5, 5.41) is 6.78. The van der Waals surface area contributed by atoms with E-state index in [1.54, 1.807) is 24.1 Å². The first kappa shape index (κ1) is 23.3. The van der Waals surface area contributed by atoms with Gasteiger partial charge in [-0.25, -0.2) is 4.79 Å². The average Bonchev–Trinajstić information content (AvgIpc) is 2.65. The maximum Gasteiger partial charge on any atom is 0.410 e. The van der Waals surface area contributed by atoms with Crippen molar-refractivity contribution in [3.8, 4) is 0 Å². The Morgan fingerprint density at radius 3 is 2.76 bits per heavy atom. The first-order valence-electron chi connectivity index (χ1n) is 10.0. The van der Waals surface area contributed by atoms with Crippen molar-refractivity contribution < 1.29 is 19.1 Å². The van der Waals surface area contributed by atoms with E-state index < -0.39 is 5.60 Å². The summed E-state index contributed by atoms with van der Waals surface area (Å²) in [6.07, 6.45) is 1.93. The number of nitrogens with zero attached hydrogens (tertiary/aromatic N) is 1. The molecule has 0 unspecified atom stereocenters. The summed E-state index contributed by atoms with van der Waals surface area (Å²) in [4.78, 5) is 26.8. The van der Waals surface area contributed by atoms with Crippen molar-refractivity contribution in [2.24, 2.45) is 5.92 Å². The van der Waals surface area contributed by atoms with Crippen LogP contribution in [0.4, 0.5) is 16.2 Å². The minimum Gasteiger partial charge on any atom is -0.444 e. The fourth-order valence-corrected chi connectivity index (χ4v) is 3.40. The van der Waals surface area contributed by atoms with Gasteiger partial charge in [-0.3, -0.25) is 4.79 Å². The maximum absolute atomic E-state index is 12.9. The van der Waals surface area contributed by atoms with Gasteiger partial charge >= 0.3 is 6.09 Å². The van der Waals surface area contributed by atoms with Crippen LogP contribution in [0.5, 0.6) is 0 Å². The minimum absolute atomic E-state index is 0.125. The first-order valence-corrected chi connectivity index (χ1v) is 10.4. The number of carbonyl (C=O) groups is 2. The molecule has 1 fully saturated rings. The monoisotopic (exact) mass is 425 g/mol. The summed E-state index contributed by atoms with van der Waals surface area (Å²) < 4.78 is 10.5. The molecular weight excluding hydrogens is 394 g/mol. The Bertz CT molecular complexity index is 706. The molecule has 2 amide bonds. The normalized spacial score (nSPS) is 17.0. The molecular formula is C21H32ClN3O4. The molecule has 1 aliphatic heterocycles. The van der Waals surface area contributed by atoms with E-state index in [0.29, 0.717) is 42.6 Å². The summed E-state index contributed by atoms with van der Waals surface area (Å²) in [6, 6.07) is 5.39. The van der Waals surface area contributed by atoms with Crippen LogP contribution >= 0.6 is 11.6 Å². The van der Waals surface area contributed by atoms with Crippen molar-refractivity contribution in [3.63, 3.8) is 0 Å². The second kappa shape index (κ2) is 10.7. The van der Waals surface area contributed by atoms with Crippen LogP contribution in [-0.4, -0.2) is 55.9 Å². The van der Waals surface area contributed by atoms with Crippen molar-refractivity contribution >= 4 is 35.0 Å². The molecule has 7 nitrogen and oxygen atoms in total. The Morgan fingerprint density at radius 1 is 1.31 bits per heavy atom. The van der Waals surface area contributed by atoms with Crippen LogP contribution in [0.1, 0.15) is 40.0 Å². The summed E-state index contributed by atoms with van der Waals surface area (Å²) in [5.74, 6) is -0.419. The average molecular weight is 426 g/mol. The van der Waals surface area contributed by atoms with Gasteiger partial charge in [-0.2, -0.15) is 0 Å². The molecule has 0 radical (unpaired) electrons. The highest BCUT2D eigenvalue weighted by molar-refractivity contribution is 6.34. The smallest absolute Gasteiger partial charge is 0.410 e. The molecule has 0 aliphatic carbocycles. The Balaban J connectivity index is 2.00. The molecule has 29 heavy (non-hydrogen) atoms. The lowest BCUT2D eigenvalue weighted by atomic mass is 9.97. The number of hydrogen-bond acceptors (Lipinski definition) is 5. The predicted molar refractivity (Wildman–Crippen MR) is 116 cm³/mol. The number of rotatable bonds is 7. The Labute approximate surface area is 178 Å². The molecule has 0 aromatic heterocycles. The van der Waals surface area contributed by atoms with Gasteiger partial charge < -0.3 is 25.0 Å². The van der Waals surface area contributed by atoms with Gasteiger partial charge in [-0.1, -0.05) is 17.7 Å². The number of benzene rings is 1. The maximum atomic E-state index is 12.9. The number of anilines is 2. The third kappa shape index (κ3) is 7.40. The lowest BCUT2D eigenvalue weighted by Crippen LogP contribution is -2.45. The second-order valence-electron chi connectivity index (χ2n) is 8.19. The largest absolute Gasteiger partial charge is 0.444 e. The topological polar surface area (TPSA) is 79.9 Å². The van der Waals surface area contributed by atoms with E-state index in [2.05, 4.69) is 10.6 Å². The lowest BCUT2D eigenvalue weighted by Gasteiger charge is -2.33. The van der Waals surface area contributed by atoms with Crippen LogP contribution in [0.25, 0.3) is 0 Å². The molecule has 2 rings (SSSR count). The van der Waals surface area contributed by atoms with Gasteiger partial charge in [0, 0.05) is 33.4 Å². The van der Waals surface area contributed by atoms with Crippen molar-refractivity contribution in [2.75, 3.05) is 44.0 Å². The SMILES string of the molecule is COCCCNc1c(Cl)cccc1NC(=O)[C@@H]1CCCN(C(=O)OC(C)(C)C)C1. The van der Waals surface area contributed by atoms with Gasteiger partial charge in [0.2, 0.25) is 5.91 Å². The van der Waals surface area contributed by atoms with E-state index >= 15 is 0 Å². The number of nitrogens with one attached hydrogen (secondary N) is 2. The Hall–Kier alpha value is -1.99. The molecule has 0 saturated carbocycles. The number of amides is 2. The van der Waals surface area contributed by atoms with E-state index in [0.717, 1.165) is 19.3 Å². The Kier molecular flexibility index (Phi) is 8.59. The molecule has 0 spiro atoms. The molecule has 0 bridgehead atoms. The first-order chi connectivity index (χ1) is 13.7. The highest BCUT2D eigenvalue weighted by atomic mass is 35.5. The van der Waals surface area contributed by atoms with Gasteiger partial charge in [-0.15, -0.1) is 0 Å². The van der Waals surface area contributed by atoms with Crippen molar-refractivity contribution in [2.45, 2.75) is 45.6 Å². The number of hydrogen-bond donors (Lipinski definition) is 2. The van der Waals surface area contributed by atoms with E-state index in [-0.39, 0.29) is 17.9 Å². The highest BCUT2D eigenvalue weighted by Gasteiger charge is 2.31. The van der Waals surface area contributed by atoms with Gasteiger partial charge in [0.15, 0.2) is 0 Å². The van der Waals surface area contributed by atoms with Crippen molar-refractivity contribution in [1.29, 1.82) is 0 Å². The quantitative estimate of drug-likeness (QED) is 0.634. The van der Waals surface area contributed by atoms with Gasteiger partial charge in [0.1, 0.15) is 5.60 Å². The molecule has 1 saturated heterocycles. The van der Waals surface area contributed by atoms with Crippen LogP contribution in [0, 0.1) is 5.92 Å². The molecule has 2 N–H and O–H groups in total. The lowest BCUT2D eigenvalue weighted by molar-refractivity contribution is -0.121. The number of para-hydroxylation sites is 1. The number of ether oxygens (including phenoxy) is 2. The van der Waals surface area contributed by atoms with Crippen molar-refractivity contribution in [3.05, 3.63) is 23.2 Å². The van der Waals surface area contributed by atoms with Crippen LogP contribution < -0.4 is 10.6 Å². The predicted octanol–water partition coefficient (Wildman–Crippen LogP) is 4.37. The van der Waals surface area contributed by atoms with E-state index in [9.17, 15) is 9.59 Å². The zero-order chi connectivity index (χ0) is 21.4. The summed E-state index contributed by atoms with van der Waals surface area (Å²) in [6.45, 7) is 7.76. The molecule has 1 heterocycles. The third-order valence-corrected chi connectivity index (χ3v) is 4.86. The fourth-order valence-electron chi connectivity index (χ4n) is 3.16. The number of carbonyl (C=O) groups excluding carboxylic acids is 2. The second-order valence-corrected chi connectivity index (χ2v) is 8.60.